The van der Waals surface area contributed by atoms with Crippen LogP contribution >= 0.6 is 19.8 Å². The van der Waals surface area contributed by atoms with Crippen LogP contribution in [0.3, 0.4) is 0 Å². The summed E-state index contributed by atoms with van der Waals surface area (Å²) in [6, 6.07) is 0. The number of rotatable bonds is 0. The second-order valence-corrected chi connectivity index (χ2v) is 3.22. The van der Waals surface area contributed by atoms with Gasteiger partial charge in [-0.25, -0.2) is 0 Å². The van der Waals surface area contributed by atoms with E-state index in [2.05, 4.69) is 40.4 Å². The van der Waals surface area contributed by atoms with Gasteiger partial charge in [-0.15, -0.1) is 0 Å². The molecule has 11 heavy (non-hydrogen) atoms. The summed E-state index contributed by atoms with van der Waals surface area (Å²) in [6.45, 7) is 9.34. The van der Waals surface area contributed by atoms with Gasteiger partial charge in [-0.3, -0.25) is 0 Å². The van der Waals surface area contributed by atoms with Gasteiger partial charge in [0.2, 0.25) is 0 Å². The Labute approximate surface area is 89.8 Å². The van der Waals surface area contributed by atoms with Gasteiger partial charge >= 0.3 is 34.5 Å². The van der Waals surface area contributed by atoms with E-state index in [1.807, 2.05) is 0 Å². The topological polar surface area (TPSA) is 18.5 Å². The van der Waals surface area contributed by atoms with Crippen molar-refractivity contribution in [2.24, 2.45) is 5.41 Å². The maximum atomic E-state index is 5.16. The molecule has 1 rings (SSSR count). The standard InChI is InChI=1S/C6H12BO2.HI.Zn/c1-6(2)4-8-7(3)9-5-6;;/h3-5H2,1-2H3;1H;/q-1;;+2/p-1. The second-order valence-electron chi connectivity index (χ2n) is 3.22. The zero-order valence-corrected chi connectivity index (χ0v) is 12.2. The quantitative estimate of drug-likeness (QED) is 0.385. The van der Waals surface area contributed by atoms with E-state index in [-0.39, 0.29) is 12.5 Å². The van der Waals surface area contributed by atoms with Gasteiger partial charge in [-0.05, 0) is 0 Å². The molecule has 0 bridgehead atoms. The third kappa shape index (κ3) is 5.56. The maximum absolute atomic E-state index is 5.16. The normalized spacial score (nSPS) is 22.2. The minimum absolute atomic E-state index is 0.175. The fourth-order valence-electron chi connectivity index (χ4n) is 0.727. The fraction of sp³-hybridized carbons (Fsp3) is 0.833. The molecule has 0 saturated carbocycles. The first-order valence-electron chi connectivity index (χ1n) is 3.43. The van der Waals surface area contributed by atoms with Gasteiger partial charge in [-0.2, -0.15) is 0 Å². The Balaban J connectivity index is 0.000000461. The van der Waals surface area contributed by atoms with Crippen LogP contribution in [0.5, 0.6) is 0 Å². The van der Waals surface area contributed by atoms with Crippen molar-refractivity contribution in [2.75, 3.05) is 13.2 Å². The molecule has 5 heteroatoms. The van der Waals surface area contributed by atoms with Crippen molar-refractivity contribution in [1.82, 2.24) is 0 Å². The van der Waals surface area contributed by atoms with Crippen LogP contribution in [-0.4, -0.2) is 20.3 Å². The van der Waals surface area contributed by atoms with Crippen LogP contribution in [0.4, 0.5) is 0 Å². The SMILES string of the molecule is [CH2-]B1OCC(C)(C)CO1.[Zn+][I]. The van der Waals surface area contributed by atoms with Crippen molar-refractivity contribution in [3.8, 4) is 0 Å². The predicted molar refractivity (Wildman–Crippen MR) is 50.8 cm³/mol. The van der Waals surface area contributed by atoms with Crippen molar-refractivity contribution < 1.29 is 24.1 Å². The van der Waals surface area contributed by atoms with Gasteiger partial charge in [-0.1, -0.05) is 13.8 Å². The van der Waals surface area contributed by atoms with Gasteiger partial charge in [0.1, 0.15) is 0 Å². The van der Waals surface area contributed by atoms with Crippen molar-refractivity contribution in [3.63, 3.8) is 0 Å². The Bertz CT molecular complexity index is 103. The fourth-order valence-corrected chi connectivity index (χ4v) is 0.727. The van der Waals surface area contributed by atoms with E-state index in [0.29, 0.717) is 0 Å². The van der Waals surface area contributed by atoms with Crippen molar-refractivity contribution in [1.29, 1.82) is 0 Å². The van der Waals surface area contributed by atoms with Crippen LogP contribution in [0.1, 0.15) is 13.8 Å². The molecule has 0 aromatic carbocycles. The Kier molecular flexibility index (Phi) is 6.61. The Morgan fingerprint density at radius 1 is 1.36 bits per heavy atom. The van der Waals surface area contributed by atoms with E-state index in [4.69, 9.17) is 9.31 Å². The van der Waals surface area contributed by atoms with Gasteiger partial charge in [0.25, 0.3) is 7.12 Å². The van der Waals surface area contributed by atoms with Gasteiger partial charge < -0.3 is 16.1 Å². The molecule has 0 amide bonds. The number of hydrogen-bond donors (Lipinski definition) is 0. The second kappa shape index (κ2) is 5.89. The molecule has 0 unspecified atom stereocenters. The molecule has 0 aliphatic carbocycles. The number of halogens is 1. The molecule has 0 aromatic rings. The first-order valence-corrected chi connectivity index (χ1v) is 12.5. The number of hydrogen-bond acceptors (Lipinski definition) is 2. The third-order valence-corrected chi connectivity index (χ3v) is 1.32. The molecule has 1 heterocycles. The van der Waals surface area contributed by atoms with Crippen LogP contribution < -0.4 is 0 Å². The van der Waals surface area contributed by atoms with Gasteiger partial charge in [0.15, 0.2) is 0 Å². The summed E-state index contributed by atoms with van der Waals surface area (Å²) in [4.78, 5) is 0. The zero-order chi connectivity index (χ0) is 8.91. The molecule has 1 aliphatic heterocycles. The molecule has 60 valence electrons. The van der Waals surface area contributed by atoms with Crippen LogP contribution in [-0.2, 0) is 24.1 Å². The Morgan fingerprint density at radius 3 is 2.00 bits per heavy atom. The molecule has 2 nitrogen and oxygen atoms in total. The molecule has 0 atom stereocenters. The first-order chi connectivity index (χ1) is 5.10. The van der Waals surface area contributed by atoms with E-state index in [0.717, 1.165) is 13.2 Å². The summed E-state index contributed by atoms with van der Waals surface area (Å²) < 4.78 is 10.3. The van der Waals surface area contributed by atoms with Crippen LogP contribution in [0, 0.1) is 12.2 Å². The monoisotopic (exact) mass is 318 g/mol. The zero-order valence-electron chi connectivity index (χ0n) is 7.10. The summed E-state index contributed by atoms with van der Waals surface area (Å²) in [5.41, 5.74) is 0.175. The van der Waals surface area contributed by atoms with E-state index in [1.165, 1.54) is 14.8 Å². The Hall–Kier alpha value is 1.34. The van der Waals surface area contributed by atoms with E-state index in [9.17, 15) is 0 Å². The summed E-state index contributed by atoms with van der Waals surface area (Å²) in [7, 11) is -0.252. The first kappa shape index (κ1) is 12.3. The molecule has 1 aliphatic rings. The van der Waals surface area contributed by atoms with Gasteiger partial charge in [0, 0.05) is 18.6 Å². The summed E-state index contributed by atoms with van der Waals surface area (Å²) in [6.07, 6.45) is 0. The van der Waals surface area contributed by atoms with Crippen LogP contribution in [0.25, 0.3) is 0 Å². The molecular weight excluding hydrogens is 307 g/mol. The Morgan fingerprint density at radius 2 is 1.73 bits per heavy atom. The van der Waals surface area contributed by atoms with Crippen molar-refractivity contribution in [3.05, 3.63) is 6.82 Å². The van der Waals surface area contributed by atoms with E-state index < -0.39 is 0 Å². The minimum atomic E-state index is -0.252. The van der Waals surface area contributed by atoms with Crippen molar-refractivity contribution in [2.45, 2.75) is 13.8 Å². The molecule has 1 saturated heterocycles. The molecule has 0 radical (unpaired) electrons. The predicted octanol–water partition coefficient (Wildman–Crippen LogP) is 1.80. The van der Waals surface area contributed by atoms with Gasteiger partial charge in [0.05, 0.1) is 0 Å². The van der Waals surface area contributed by atoms with E-state index >= 15 is 0 Å². The molecule has 0 N–H and O–H groups in total. The third-order valence-electron chi connectivity index (χ3n) is 1.32. The molecule has 1 fully saturated rings. The van der Waals surface area contributed by atoms with Crippen LogP contribution in [0.2, 0.25) is 0 Å². The average molecular weight is 319 g/mol. The summed E-state index contributed by atoms with van der Waals surface area (Å²) in [5.74, 6) is 0. The van der Waals surface area contributed by atoms with Crippen molar-refractivity contribution >= 4 is 26.9 Å². The average Bonchev–Trinajstić information content (AvgIpc) is 2.00. The van der Waals surface area contributed by atoms with E-state index in [1.54, 1.807) is 0 Å². The molecule has 0 spiro atoms. The molecule has 0 aromatic heterocycles. The summed E-state index contributed by atoms with van der Waals surface area (Å²) in [5, 5.41) is 0. The molecular formula is C6H12BIO2Zn. The summed E-state index contributed by atoms with van der Waals surface area (Å²) >= 11 is 3.62. The van der Waals surface area contributed by atoms with Crippen LogP contribution in [0.15, 0.2) is 0 Å².